The van der Waals surface area contributed by atoms with E-state index < -0.39 is 0 Å². The highest BCUT2D eigenvalue weighted by molar-refractivity contribution is 5.76. The number of rotatable bonds is 5. The first kappa shape index (κ1) is 13.4. The Bertz CT molecular complexity index is 325. The van der Waals surface area contributed by atoms with Gasteiger partial charge in [-0.15, -0.1) is 0 Å². The van der Waals surface area contributed by atoms with Gasteiger partial charge < -0.3 is 5.32 Å². The molecule has 19 heavy (non-hydrogen) atoms. The number of hydrogen-bond donors (Lipinski definition) is 1. The average Bonchev–Trinajstić information content (AvgIpc) is 3.12. The van der Waals surface area contributed by atoms with Gasteiger partial charge in [-0.25, -0.2) is 0 Å². The van der Waals surface area contributed by atoms with Gasteiger partial charge in [0.25, 0.3) is 0 Å². The third-order valence-electron chi connectivity index (χ3n) is 5.69. The van der Waals surface area contributed by atoms with Crippen molar-refractivity contribution in [3.8, 4) is 0 Å². The Morgan fingerprint density at radius 2 is 2.05 bits per heavy atom. The van der Waals surface area contributed by atoms with E-state index in [-0.39, 0.29) is 0 Å². The lowest BCUT2D eigenvalue weighted by Gasteiger charge is -2.25. The fraction of sp³-hybridized carbons (Fsp3) is 0.938. The van der Waals surface area contributed by atoms with Crippen LogP contribution in [0.25, 0.3) is 0 Å². The largest absolute Gasteiger partial charge is 0.355 e. The standard InChI is InChI=1S/C16H28N2O/c1-12(18-6-2-3-7-18)11-17-16(19)10-15-9-13-4-5-14(15)8-13/h12-15H,2-11H2,1H3,(H,17,19)/t12-,13+,14+,15+/m1/s1. The van der Waals surface area contributed by atoms with Gasteiger partial charge in [0.1, 0.15) is 0 Å². The second kappa shape index (κ2) is 5.82. The highest BCUT2D eigenvalue weighted by Gasteiger charge is 2.40. The molecule has 2 saturated carbocycles. The van der Waals surface area contributed by atoms with Gasteiger partial charge in [0.2, 0.25) is 5.91 Å². The molecule has 3 fully saturated rings. The summed E-state index contributed by atoms with van der Waals surface area (Å²) in [4.78, 5) is 14.6. The molecule has 1 aliphatic heterocycles. The van der Waals surface area contributed by atoms with E-state index in [1.54, 1.807) is 0 Å². The third-order valence-corrected chi connectivity index (χ3v) is 5.69. The van der Waals surface area contributed by atoms with Crippen LogP contribution in [-0.4, -0.2) is 36.5 Å². The summed E-state index contributed by atoms with van der Waals surface area (Å²) in [6.45, 7) is 5.50. The van der Waals surface area contributed by atoms with Crippen molar-refractivity contribution in [3.63, 3.8) is 0 Å². The van der Waals surface area contributed by atoms with Crippen molar-refractivity contribution in [1.29, 1.82) is 0 Å². The van der Waals surface area contributed by atoms with Gasteiger partial charge >= 0.3 is 0 Å². The van der Waals surface area contributed by atoms with Crippen molar-refractivity contribution in [2.24, 2.45) is 17.8 Å². The summed E-state index contributed by atoms with van der Waals surface area (Å²) in [5, 5.41) is 3.17. The van der Waals surface area contributed by atoms with Gasteiger partial charge in [-0.1, -0.05) is 6.42 Å². The molecular formula is C16H28N2O. The van der Waals surface area contributed by atoms with E-state index in [0.717, 1.165) is 24.8 Å². The van der Waals surface area contributed by atoms with E-state index in [2.05, 4.69) is 17.1 Å². The van der Waals surface area contributed by atoms with Crippen LogP contribution in [0.2, 0.25) is 0 Å². The zero-order valence-corrected chi connectivity index (χ0v) is 12.2. The molecule has 1 amide bonds. The van der Waals surface area contributed by atoms with E-state index in [1.807, 2.05) is 0 Å². The van der Waals surface area contributed by atoms with Crippen LogP contribution in [0.3, 0.4) is 0 Å². The molecule has 0 unspecified atom stereocenters. The molecule has 108 valence electrons. The van der Waals surface area contributed by atoms with Crippen molar-refractivity contribution in [2.75, 3.05) is 19.6 Å². The molecule has 0 aromatic rings. The van der Waals surface area contributed by atoms with E-state index in [9.17, 15) is 4.79 Å². The first-order chi connectivity index (χ1) is 9.22. The lowest BCUT2D eigenvalue weighted by Crippen LogP contribution is -2.41. The van der Waals surface area contributed by atoms with Crippen LogP contribution >= 0.6 is 0 Å². The topological polar surface area (TPSA) is 32.3 Å². The number of amides is 1. The molecule has 3 heteroatoms. The molecule has 2 aliphatic carbocycles. The minimum Gasteiger partial charge on any atom is -0.355 e. The highest BCUT2D eigenvalue weighted by atomic mass is 16.1. The maximum absolute atomic E-state index is 12.1. The van der Waals surface area contributed by atoms with Gasteiger partial charge in [-0.3, -0.25) is 9.69 Å². The van der Waals surface area contributed by atoms with Gasteiger partial charge in [-0.05, 0) is 69.9 Å². The first-order valence-electron chi connectivity index (χ1n) is 8.23. The van der Waals surface area contributed by atoms with Crippen LogP contribution in [0, 0.1) is 17.8 Å². The maximum atomic E-state index is 12.1. The summed E-state index contributed by atoms with van der Waals surface area (Å²) in [5.41, 5.74) is 0. The Hall–Kier alpha value is -0.570. The zero-order valence-electron chi connectivity index (χ0n) is 12.2. The molecule has 3 nitrogen and oxygen atoms in total. The summed E-state index contributed by atoms with van der Waals surface area (Å²) in [7, 11) is 0. The number of nitrogens with one attached hydrogen (secondary N) is 1. The molecule has 2 bridgehead atoms. The van der Waals surface area contributed by atoms with Gasteiger partial charge in [0.05, 0.1) is 0 Å². The fourth-order valence-corrected chi connectivity index (χ4v) is 4.51. The van der Waals surface area contributed by atoms with Crippen LogP contribution < -0.4 is 5.32 Å². The zero-order chi connectivity index (χ0) is 13.2. The predicted octanol–water partition coefficient (Wildman–Crippen LogP) is 2.41. The monoisotopic (exact) mass is 264 g/mol. The van der Waals surface area contributed by atoms with Crippen molar-refractivity contribution in [3.05, 3.63) is 0 Å². The lowest BCUT2D eigenvalue weighted by atomic mass is 9.86. The van der Waals surface area contributed by atoms with Crippen LogP contribution in [0.5, 0.6) is 0 Å². The number of carbonyl (C=O) groups excluding carboxylic acids is 1. The molecule has 1 N–H and O–H groups in total. The van der Waals surface area contributed by atoms with Crippen molar-refractivity contribution >= 4 is 5.91 Å². The summed E-state index contributed by atoms with van der Waals surface area (Å²) in [5.74, 6) is 2.81. The molecule has 0 aromatic carbocycles. The van der Waals surface area contributed by atoms with Gasteiger partial charge in [0.15, 0.2) is 0 Å². The Morgan fingerprint density at radius 3 is 2.68 bits per heavy atom. The first-order valence-corrected chi connectivity index (χ1v) is 8.23. The summed E-state index contributed by atoms with van der Waals surface area (Å²) in [6, 6.07) is 0.506. The number of likely N-dealkylation sites (tertiary alicyclic amines) is 1. The van der Waals surface area contributed by atoms with Gasteiger partial charge in [0, 0.05) is 19.0 Å². The Kier molecular flexibility index (Phi) is 4.11. The molecule has 3 rings (SSSR count). The Morgan fingerprint density at radius 1 is 1.26 bits per heavy atom. The SMILES string of the molecule is C[C@H](CNC(=O)C[C@@H]1C[C@H]2CC[C@H]1C2)N1CCCC1. The quantitative estimate of drug-likeness (QED) is 0.827. The van der Waals surface area contributed by atoms with E-state index in [1.165, 1.54) is 51.6 Å². The maximum Gasteiger partial charge on any atom is 0.220 e. The van der Waals surface area contributed by atoms with Crippen molar-refractivity contribution in [1.82, 2.24) is 10.2 Å². The Balaban J connectivity index is 1.37. The summed E-state index contributed by atoms with van der Waals surface area (Å²) < 4.78 is 0. The second-order valence-corrected chi connectivity index (χ2v) is 7.04. The molecule has 0 radical (unpaired) electrons. The van der Waals surface area contributed by atoms with Crippen LogP contribution in [0.4, 0.5) is 0 Å². The number of carbonyl (C=O) groups is 1. The minimum absolute atomic E-state index is 0.295. The molecular weight excluding hydrogens is 236 g/mol. The fourth-order valence-electron chi connectivity index (χ4n) is 4.51. The second-order valence-electron chi connectivity index (χ2n) is 7.04. The van der Waals surface area contributed by atoms with Crippen LogP contribution in [0.1, 0.15) is 51.9 Å². The van der Waals surface area contributed by atoms with Crippen LogP contribution in [-0.2, 0) is 4.79 Å². The van der Waals surface area contributed by atoms with Crippen LogP contribution in [0.15, 0.2) is 0 Å². The number of fused-ring (bicyclic) bond motifs is 2. The minimum atomic E-state index is 0.295. The molecule has 1 saturated heterocycles. The smallest absolute Gasteiger partial charge is 0.220 e. The number of nitrogens with zero attached hydrogens (tertiary/aromatic N) is 1. The van der Waals surface area contributed by atoms with Crippen molar-refractivity contribution in [2.45, 2.75) is 57.9 Å². The summed E-state index contributed by atoms with van der Waals surface area (Å²) in [6.07, 6.45) is 8.96. The predicted molar refractivity (Wildman–Crippen MR) is 76.8 cm³/mol. The third kappa shape index (κ3) is 3.13. The van der Waals surface area contributed by atoms with E-state index >= 15 is 0 Å². The molecule has 1 heterocycles. The average molecular weight is 264 g/mol. The normalized spacial score (nSPS) is 35.7. The summed E-state index contributed by atoms with van der Waals surface area (Å²) >= 11 is 0. The molecule has 4 atom stereocenters. The van der Waals surface area contributed by atoms with Crippen molar-refractivity contribution < 1.29 is 4.79 Å². The molecule has 3 aliphatic rings. The number of hydrogen-bond acceptors (Lipinski definition) is 2. The van der Waals surface area contributed by atoms with Gasteiger partial charge in [-0.2, -0.15) is 0 Å². The highest BCUT2D eigenvalue weighted by Crippen LogP contribution is 2.49. The van der Waals surface area contributed by atoms with E-state index in [0.29, 0.717) is 17.9 Å². The Labute approximate surface area is 117 Å². The molecule has 0 aromatic heterocycles. The lowest BCUT2D eigenvalue weighted by molar-refractivity contribution is -0.122. The van der Waals surface area contributed by atoms with E-state index in [4.69, 9.17) is 0 Å². The molecule has 0 spiro atoms.